The Morgan fingerprint density at radius 3 is 2.86 bits per heavy atom. The van der Waals surface area contributed by atoms with Gasteiger partial charge < -0.3 is 15.0 Å². The quantitative estimate of drug-likeness (QED) is 0.607. The molecule has 0 aliphatic carbocycles. The van der Waals surface area contributed by atoms with Crippen LogP contribution < -0.4 is 5.11 Å². The average molecular weight is 387 g/mol. The van der Waals surface area contributed by atoms with E-state index in [0.717, 1.165) is 26.7 Å². The highest BCUT2D eigenvalue weighted by Gasteiger charge is 2.37. The van der Waals surface area contributed by atoms with Crippen LogP contribution in [0.4, 0.5) is 0 Å². The van der Waals surface area contributed by atoms with Crippen LogP contribution in [0.25, 0.3) is 6.08 Å². The molecule has 1 saturated heterocycles. The molecule has 0 saturated carbocycles. The maximum absolute atomic E-state index is 12.2. The first-order chi connectivity index (χ1) is 9.93. The van der Waals surface area contributed by atoms with Crippen LogP contribution in [-0.4, -0.2) is 38.9 Å². The third-order valence-corrected chi connectivity index (χ3v) is 4.55. The van der Waals surface area contributed by atoms with Crippen molar-refractivity contribution in [2.24, 2.45) is 0 Å². The van der Waals surface area contributed by atoms with Crippen LogP contribution >= 0.6 is 39.9 Å². The minimum Gasteiger partial charge on any atom is -0.548 e. The number of thiocarbonyl (C=S) groups is 1. The molecule has 0 radical (unpaired) electrons. The Morgan fingerprint density at radius 1 is 1.57 bits per heavy atom. The number of benzene rings is 1. The molecule has 8 heteroatoms. The lowest BCUT2D eigenvalue weighted by Crippen LogP contribution is -2.51. The van der Waals surface area contributed by atoms with E-state index in [1.807, 2.05) is 18.2 Å². The predicted octanol–water partition coefficient (Wildman–Crippen LogP) is 0.761. The van der Waals surface area contributed by atoms with Gasteiger partial charge in [0.25, 0.3) is 5.91 Å². The molecule has 1 aromatic carbocycles. The van der Waals surface area contributed by atoms with E-state index in [4.69, 9.17) is 17.3 Å². The van der Waals surface area contributed by atoms with Gasteiger partial charge in [-0.15, -0.1) is 0 Å². The van der Waals surface area contributed by atoms with Crippen LogP contribution in [0.2, 0.25) is 0 Å². The van der Waals surface area contributed by atoms with Crippen LogP contribution in [0.3, 0.4) is 0 Å². The number of amides is 1. The molecule has 1 heterocycles. The Labute approximate surface area is 138 Å². The fraction of sp³-hybridized carbons (Fsp3) is 0.154. The Morgan fingerprint density at radius 2 is 2.29 bits per heavy atom. The number of thioether (sulfide) groups is 1. The SMILES string of the molecule is O=C([O-])[C@@H](CO)N1C(=O)/C(=C/c2cccc(Br)c2)SC1=S. The number of aliphatic hydroxyl groups excluding tert-OH is 1. The highest BCUT2D eigenvalue weighted by atomic mass is 79.9. The minimum atomic E-state index is -1.54. The topological polar surface area (TPSA) is 80.7 Å². The maximum atomic E-state index is 12.2. The zero-order chi connectivity index (χ0) is 15.6. The average Bonchev–Trinajstić information content (AvgIpc) is 2.67. The van der Waals surface area contributed by atoms with Crippen LogP contribution in [0.1, 0.15) is 5.56 Å². The number of aliphatic carboxylic acids is 1. The highest BCUT2D eigenvalue weighted by Crippen LogP contribution is 2.34. The van der Waals surface area contributed by atoms with Crippen LogP contribution in [-0.2, 0) is 9.59 Å². The number of aliphatic hydroxyl groups is 1. The molecule has 110 valence electrons. The van der Waals surface area contributed by atoms with E-state index in [0.29, 0.717) is 4.91 Å². The van der Waals surface area contributed by atoms with Gasteiger partial charge in [-0.3, -0.25) is 9.69 Å². The zero-order valence-corrected chi connectivity index (χ0v) is 13.7. The van der Waals surface area contributed by atoms with Crippen molar-refractivity contribution in [1.82, 2.24) is 4.90 Å². The van der Waals surface area contributed by atoms with Gasteiger partial charge in [0.1, 0.15) is 10.4 Å². The largest absolute Gasteiger partial charge is 0.548 e. The number of carboxylic acid groups (broad SMARTS) is 1. The van der Waals surface area contributed by atoms with Gasteiger partial charge in [-0.05, 0) is 23.8 Å². The van der Waals surface area contributed by atoms with Crippen molar-refractivity contribution in [2.75, 3.05) is 6.61 Å². The minimum absolute atomic E-state index is 0.0875. The molecule has 1 aliphatic rings. The Hall–Kier alpha value is -1.22. The lowest BCUT2D eigenvalue weighted by atomic mass is 10.2. The molecule has 1 aromatic rings. The number of nitrogens with zero attached hydrogens (tertiary/aromatic N) is 1. The Kier molecular flexibility index (Phi) is 5.15. The second-order valence-corrected chi connectivity index (χ2v) is 6.72. The molecule has 0 spiro atoms. The van der Waals surface area contributed by atoms with Crippen molar-refractivity contribution in [3.8, 4) is 0 Å². The van der Waals surface area contributed by atoms with E-state index >= 15 is 0 Å². The summed E-state index contributed by atoms with van der Waals surface area (Å²) in [6.45, 7) is -0.751. The first-order valence-electron chi connectivity index (χ1n) is 5.78. The monoisotopic (exact) mass is 386 g/mol. The molecule has 1 N–H and O–H groups in total. The second kappa shape index (κ2) is 6.69. The van der Waals surface area contributed by atoms with E-state index in [9.17, 15) is 14.7 Å². The molecule has 0 bridgehead atoms. The maximum Gasteiger partial charge on any atom is 0.266 e. The molecular formula is C13H9BrNO4S2-. The summed E-state index contributed by atoms with van der Waals surface area (Å²) >= 11 is 9.34. The van der Waals surface area contributed by atoms with Gasteiger partial charge in [0.2, 0.25) is 0 Å². The molecular weight excluding hydrogens is 378 g/mol. The second-order valence-electron chi connectivity index (χ2n) is 4.12. The molecule has 1 fully saturated rings. The molecule has 1 atom stereocenters. The van der Waals surface area contributed by atoms with Crippen LogP contribution in [0.15, 0.2) is 33.6 Å². The third kappa shape index (κ3) is 3.52. The number of halogens is 1. The normalized spacial score (nSPS) is 18.4. The number of carbonyl (C=O) groups is 2. The van der Waals surface area contributed by atoms with Gasteiger partial charge in [0.15, 0.2) is 0 Å². The molecule has 21 heavy (non-hydrogen) atoms. The van der Waals surface area contributed by atoms with E-state index in [1.165, 1.54) is 0 Å². The van der Waals surface area contributed by atoms with Crippen molar-refractivity contribution in [2.45, 2.75) is 6.04 Å². The summed E-state index contributed by atoms with van der Waals surface area (Å²) in [4.78, 5) is 24.4. The van der Waals surface area contributed by atoms with Crippen LogP contribution in [0, 0.1) is 0 Å². The summed E-state index contributed by atoms with van der Waals surface area (Å²) < 4.78 is 0.944. The Balaban J connectivity index is 2.31. The van der Waals surface area contributed by atoms with E-state index in [1.54, 1.807) is 12.1 Å². The smallest absolute Gasteiger partial charge is 0.266 e. The summed E-state index contributed by atoms with van der Waals surface area (Å²) in [6, 6.07) is 5.81. The van der Waals surface area contributed by atoms with Gasteiger partial charge in [-0.25, -0.2) is 0 Å². The fourth-order valence-corrected chi connectivity index (χ4v) is 3.53. The van der Waals surface area contributed by atoms with Crippen molar-refractivity contribution in [1.29, 1.82) is 0 Å². The first kappa shape index (κ1) is 16.2. The lowest BCUT2D eigenvalue weighted by molar-refractivity contribution is -0.311. The number of rotatable bonds is 4. The molecule has 0 unspecified atom stereocenters. The third-order valence-electron chi connectivity index (χ3n) is 2.73. The van der Waals surface area contributed by atoms with Crippen molar-refractivity contribution in [3.63, 3.8) is 0 Å². The number of carbonyl (C=O) groups excluding carboxylic acids is 2. The van der Waals surface area contributed by atoms with E-state index in [2.05, 4.69) is 15.9 Å². The molecule has 1 amide bonds. The lowest BCUT2D eigenvalue weighted by Gasteiger charge is -2.25. The van der Waals surface area contributed by atoms with Gasteiger partial charge in [0, 0.05) is 4.47 Å². The predicted molar refractivity (Wildman–Crippen MR) is 85.0 cm³/mol. The molecule has 2 rings (SSSR count). The highest BCUT2D eigenvalue weighted by molar-refractivity contribution is 9.10. The van der Waals surface area contributed by atoms with Crippen LogP contribution in [0.5, 0.6) is 0 Å². The number of hydrogen-bond acceptors (Lipinski definition) is 6. The van der Waals surface area contributed by atoms with Gasteiger partial charge in [0.05, 0.1) is 17.5 Å². The van der Waals surface area contributed by atoms with Crippen molar-refractivity contribution >= 4 is 62.2 Å². The number of hydrogen-bond donors (Lipinski definition) is 1. The summed E-state index contributed by atoms with van der Waals surface area (Å²) in [5.74, 6) is -2.09. The molecule has 5 nitrogen and oxygen atoms in total. The zero-order valence-electron chi connectivity index (χ0n) is 10.5. The van der Waals surface area contributed by atoms with Crippen molar-refractivity contribution < 1.29 is 19.8 Å². The molecule has 0 aromatic heterocycles. The molecule has 1 aliphatic heterocycles. The van der Waals surface area contributed by atoms with Gasteiger partial charge in [-0.1, -0.05) is 52.0 Å². The van der Waals surface area contributed by atoms with Crippen molar-refractivity contribution in [3.05, 3.63) is 39.2 Å². The Bertz CT molecular complexity index is 647. The summed E-state index contributed by atoms with van der Waals surface area (Å²) in [5, 5.41) is 20.1. The number of carboxylic acids is 1. The first-order valence-corrected chi connectivity index (χ1v) is 7.80. The summed E-state index contributed by atoms with van der Waals surface area (Å²) in [6.07, 6.45) is 1.62. The standard InChI is InChI=1S/C13H10BrNO4S2/c14-8-3-1-2-7(4-8)5-10-11(17)15(13(20)21-10)9(6-16)12(18)19/h1-5,9,16H,6H2,(H,18,19)/p-1/b10-5-/t9-/m1/s1. The van der Waals surface area contributed by atoms with E-state index in [-0.39, 0.29) is 4.32 Å². The van der Waals surface area contributed by atoms with Gasteiger partial charge in [-0.2, -0.15) is 0 Å². The van der Waals surface area contributed by atoms with E-state index < -0.39 is 24.5 Å². The summed E-state index contributed by atoms with van der Waals surface area (Å²) in [5.41, 5.74) is 0.777. The van der Waals surface area contributed by atoms with Gasteiger partial charge >= 0.3 is 0 Å². The summed E-state index contributed by atoms with van der Waals surface area (Å²) in [7, 11) is 0. The fourth-order valence-electron chi connectivity index (χ4n) is 1.76.